The molecule has 1 aliphatic carbocycles. The summed E-state index contributed by atoms with van der Waals surface area (Å²) < 4.78 is 14.5. The number of halogens is 1. The Kier molecular flexibility index (Phi) is 7.06. The van der Waals surface area contributed by atoms with Gasteiger partial charge in [-0.15, -0.1) is 0 Å². The van der Waals surface area contributed by atoms with Gasteiger partial charge < -0.3 is 10.6 Å². The highest BCUT2D eigenvalue weighted by atomic mass is 19.1. The average Bonchev–Trinajstić information content (AvgIpc) is 2.74. The van der Waals surface area contributed by atoms with Gasteiger partial charge in [-0.1, -0.05) is 50.6 Å². The third-order valence-corrected chi connectivity index (χ3v) is 5.33. The van der Waals surface area contributed by atoms with Gasteiger partial charge in [-0.05, 0) is 54.5 Å². The predicted molar refractivity (Wildman–Crippen MR) is 116 cm³/mol. The molecule has 30 heavy (non-hydrogen) atoms. The van der Waals surface area contributed by atoms with Crippen molar-refractivity contribution in [3.8, 4) is 0 Å². The third kappa shape index (κ3) is 5.83. The van der Waals surface area contributed by atoms with Crippen molar-refractivity contribution < 1.29 is 14.0 Å². The zero-order valence-corrected chi connectivity index (χ0v) is 17.0. The Morgan fingerprint density at radius 3 is 2.30 bits per heavy atom. The summed E-state index contributed by atoms with van der Waals surface area (Å²) in [5, 5.41) is 5.23. The first-order valence-corrected chi connectivity index (χ1v) is 10.1. The van der Waals surface area contributed by atoms with Crippen LogP contribution in [-0.2, 0) is 9.59 Å². The lowest BCUT2D eigenvalue weighted by atomic mass is 9.79. The van der Waals surface area contributed by atoms with E-state index < -0.39 is 17.6 Å². The number of hydrogen-bond acceptors (Lipinski definition) is 4. The lowest BCUT2D eigenvalue weighted by molar-refractivity contribution is -0.136. The van der Waals surface area contributed by atoms with Crippen molar-refractivity contribution >= 4 is 23.2 Å². The van der Waals surface area contributed by atoms with Gasteiger partial charge in [0.15, 0.2) is 0 Å². The van der Waals surface area contributed by atoms with Gasteiger partial charge in [-0.25, -0.2) is 4.39 Å². The fourth-order valence-corrected chi connectivity index (χ4v) is 3.58. The average molecular weight is 410 g/mol. The molecule has 2 aromatic rings. The first kappa shape index (κ1) is 21.4. The molecule has 1 saturated carbocycles. The van der Waals surface area contributed by atoms with Crippen LogP contribution in [0.25, 0.3) is 0 Å². The normalized spacial score (nSPS) is 18.2. The molecule has 0 aliphatic heterocycles. The molecule has 7 heteroatoms. The van der Waals surface area contributed by atoms with Crippen LogP contribution in [0.5, 0.6) is 0 Å². The Hall–Kier alpha value is -3.35. The molecule has 3 rings (SSSR count). The summed E-state index contributed by atoms with van der Waals surface area (Å²) in [6, 6.07) is 14.0. The number of nitrogens with one attached hydrogen (secondary N) is 4. The third-order valence-electron chi connectivity index (χ3n) is 5.33. The van der Waals surface area contributed by atoms with E-state index in [2.05, 4.69) is 35.0 Å². The van der Waals surface area contributed by atoms with Gasteiger partial charge in [0.05, 0.1) is 5.69 Å². The molecule has 0 saturated heterocycles. The molecule has 6 nitrogen and oxygen atoms in total. The topological polar surface area (TPSA) is 82.3 Å². The molecular weight excluding hydrogens is 383 g/mol. The van der Waals surface area contributed by atoms with E-state index in [-0.39, 0.29) is 11.5 Å². The Labute approximate surface area is 175 Å². The number of hydrogen-bond donors (Lipinski definition) is 4. The van der Waals surface area contributed by atoms with Crippen molar-refractivity contribution in [2.24, 2.45) is 5.92 Å². The summed E-state index contributed by atoms with van der Waals surface area (Å²) in [5.41, 5.74) is 6.41. The fraction of sp³-hybridized carbons (Fsp3) is 0.304. The lowest BCUT2D eigenvalue weighted by Gasteiger charge is -2.26. The molecule has 2 aromatic carbocycles. The summed E-state index contributed by atoms with van der Waals surface area (Å²) in [6.45, 7) is 5.95. The lowest BCUT2D eigenvalue weighted by Crippen LogP contribution is -2.44. The smallest absolute Gasteiger partial charge is 0.327 e. The van der Waals surface area contributed by atoms with Crippen LogP contribution >= 0.6 is 0 Å². The Bertz CT molecular complexity index is 909. The van der Waals surface area contributed by atoms with Crippen molar-refractivity contribution in [2.45, 2.75) is 38.5 Å². The maximum atomic E-state index is 14.5. The Morgan fingerprint density at radius 1 is 0.933 bits per heavy atom. The molecule has 0 unspecified atom stereocenters. The molecule has 0 bridgehead atoms. The molecule has 0 spiro atoms. The van der Waals surface area contributed by atoms with Crippen LogP contribution in [0.4, 0.5) is 15.8 Å². The molecule has 0 radical (unpaired) electrons. The van der Waals surface area contributed by atoms with Gasteiger partial charge in [0.1, 0.15) is 11.6 Å². The van der Waals surface area contributed by atoms with Crippen molar-refractivity contribution in [3.05, 3.63) is 72.3 Å². The van der Waals surface area contributed by atoms with Gasteiger partial charge in [-0.3, -0.25) is 20.4 Å². The van der Waals surface area contributed by atoms with Crippen LogP contribution in [0.15, 0.2) is 60.9 Å². The maximum absolute atomic E-state index is 14.5. The largest absolute Gasteiger partial charge is 0.341 e. The number of carbonyl (C=O) groups excluding carboxylic acids is 2. The summed E-state index contributed by atoms with van der Waals surface area (Å²) in [6.07, 6.45) is 4.37. The molecule has 0 atom stereocenters. The molecule has 2 amide bonds. The van der Waals surface area contributed by atoms with E-state index in [1.54, 1.807) is 0 Å². The molecule has 0 heterocycles. The summed E-state index contributed by atoms with van der Waals surface area (Å²) in [4.78, 5) is 24.1. The molecule has 158 valence electrons. The van der Waals surface area contributed by atoms with Gasteiger partial charge in [-0.2, -0.15) is 0 Å². The Balaban J connectivity index is 1.49. The number of carbonyl (C=O) groups is 2. The number of para-hydroxylation sites is 1. The fourth-order valence-electron chi connectivity index (χ4n) is 3.58. The monoisotopic (exact) mass is 410 g/mol. The van der Waals surface area contributed by atoms with E-state index >= 15 is 0 Å². The highest BCUT2D eigenvalue weighted by molar-refractivity contribution is 6.39. The molecule has 4 N–H and O–H groups in total. The van der Waals surface area contributed by atoms with Crippen molar-refractivity contribution in [1.82, 2.24) is 10.9 Å². The Morgan fingerprint density at radius 2 is 1.63 bits per heavy atom. The van der Waals surface area contributed by atoms with Gasteiger partial charge in [0.2, 0.25) is 0 Å². The van der Waals surface area contributed by atoms with Crippen molar-refractivity contribution in [1.29, 1.82) is 0 Å². The van der Waals surface area contributed by atoms with Crippen LogP contribution in [0.2, 0.25) is 0 Å². The van der Waals surface area contributed by atoms with Gasteiger partial charge >= 0.3 is 11.8 Å². The van der Waals surface area contributed by atoms with Crippen molar-refractivity contribution in [3.63, 3.8) is 0 Å². The van der Waals surface area contributed by atoms with Crippen LogP contribution in [0, 0.1) is 11.7 Å². The number of amides is 2. The second-order valence-electron chi connectivity index (χ2n) is 7.70. The number of anilines is 2. The van der Waals surface area contributed by atoms with Crippen LogP contribution in [-0.4, -0.2) is 11.8 Å². The number of benzene rings is 2. The van der Waals surface area contributed by atoms with E-state index in [1.807, 2.05) is 36.4 Å². The van der Waals surface area contributed by atoms with Crippen LogP contribution in [0.3, 0.4) is 0 Å². The summed E-state index contributed by atoms with van der Waals surface area (Å²) in [5.74, 6) is -1.15. The summed E-state index contributed by atoms with van der Waals surface area (Å²) >= 11 is 0. The molecule has 0 aromatic heterocycles. The standard InChI is InChI=1S/C23H27FN4O2/c1-15-8-10-17(11-9-15)18-12-13-21(20(24)14-18)26-22(29)23(30)28-27-16(2)25-19-6-4-3-5-7-19/h3-7,12-15,17,25,27H,2,8-11H2,1H3,(H,26,29)(H,28,30). The first-order chi connectivity index (χ1) is 14.4. The maximum Gasteiger partial charge on any atom is 0.327 e. The van der Waals surface area contributed by atoms with E-state index in [1.165, 1.54) is 12.1 Å². The second-order valence-corrected chi connectivity index (χ2v) is 7.70. The summed E-state index contributed by atoms with van der Waals surface area (Å²) in [7, 11) is 0. The first-order valence-electron chi connectivity index (χ1n) is 10.1. The SMILES string of the molecule is C=C(NNC(=O)C(=O)Nc1ccc(C2CCC(C)CC2)cc1F)Nc1ccccc1. The second kappa shape index (κ2) is 9.91. The minimum absolute atomic E-state index is 0.0238. The van der Waals surface area contributed by atoms with Gasteiger partial charge in [0.25, 0.3) is 0 Å². The van der Waals surface area contributed by atoms with E-state index in [0.717, 1.165) is 42.9 Å². The van der Waals surface area contributed by atoms with E-state index in [4.69, 9.17) is 0 Å². The quantitative estimate of drug-likeness (QED) is 0.424. The van der Waals surface area contributed by atoms with Crippen LogP contribution < -0.4 is 21.5 Å². The minimum Gasteiger partial charge on any atom is -0.341 e. The molecule has 1 aliphatic rings. The zero-order valence-electron chi connectivity index (χ0n) is 17.0. The molecular formula is C23H27FN4O2. The highest BCUT2D eigenvalue weighted by Crippen LogP contribution is 2.36. The zero-order chi connectivity index (χ0) is 21.5. The molecule has 1 fully saturated rings. The predicted octanol–water partition coefficient (Wildman–Crippen LogP) is 4.26. The van der Waals surface area contributed by atoms with Crippen molar-refractivity contribution in [2.75, 3.05) is 10.6 Å². The number of rotatable bonds is 6. The highest BCUT2D eigenvalue weighted by Gasteiger charge is 2.21. The number of hydrazine groups is 1. The van der Waals surface area contributed by atoms with Crippen LogP contribution in [0.1, 0.15) is 44.1 Å². The van der Waals surface area contributed by atoms with E-state index in [9.17, 15) is 14.0 Å². The minimum atomic E-state index is -0.979. The van der Waals surface area contributed by atoms with E-state index in [0.29, 0.717) is 5.92 Å². The van der Waals surface area contributed by atoms with Gasteiger partial charge in [0, 0.05) is 5.69 Å².